The van der Waals surface area contributed by atoms with Gasteiger partial charge in [0.15, 0.2) is 0 Å². The van der Waals surface area contributed by atoms with E-state index in [1.165, 1.54) is 0 Å². The maximum Gasteiger partial charge on any atom is 0.144 e. The van der Waals surface area contributed by atoms with Crippen molar-refractivity contribution in [1.29, 1.82) is 0 Å². The standard InChI is InChI=1S/C17H22N2OSi/c1-20-16-10-8-14(9-11-16)17(19-21(2,3)4)13-15-7-5-6-12-18-15/h5-13,19H,1-4H3/b17-13+. The maximum absolute atomic E-state index is 5.22. The van der Waals surface area contributed by atoms with E-state index in [2.05, 4.69) is 47.8 Å². The van der Waals surface area contributed by atoms with Crippen molar-refractivity contribution < 1.29 is 4.74 Å². The van der Waals surface area contributed by atoms with Gasteiger partial charge in [0.05, 0.1) is 12.8 Å². The first-order valence-electron chi connectivity index (χ1n) is 7.03. The molecule has 0 radical (unpaired) electrons. The summed E-state index contributed by atoms with van der Waals surface area (Å²) in [5.74, 6) is 0.865. The van der Waals surface area contributed by atoms with Gasteiger partial charge in [-0.05, 0) is 48.0 Å². The Kier molecular flexibility index (Phi) is 4.80. The zero-order valence-corrected chi connectivity index (χ0v) is 14.1. The number of nitrogens with zero attached hydrogens (tertiary/aromatic N) is 1. The van der Waals surface area contributed by atoms with Gasteiger partial charge in [0.2, 0.25) is 0 Å². The predicted octanol–water partition coefficient (Wildman–Crippen LogP) is 4.01. The van der Waals surface area contributed by atoms with Gasteiger partial charge in [0.1, 0.15) is 14.0 Å². The fourth-order valence-electron chi connectivity index (χ4n) is 1.98. The van der Waals surface area contributed by atoms with E-state index in [-0.39, 0.29) is 0 Å². The van der Waals surface area contributed by atoms with Gasteiger partial charge in [-0.1, -0.05) is 25.7 Å². The van der Waals surface area contributed by atoms with Gasteiger partial charge in [0, 0.05) is 11.9 Å². The summed E-state index contributed by atoms with van der Waals surface area (Å²) < 4.78 is 5.22. The molecule has 0 aliphatic rings. The van der Waals surface area contributed by atoms with Gasteiger partial charge < -0.3 is 9.72 Å². The van der Waals surface area contributed by atoms with E-state index in [0.29, 0.717) is 0 Å². The minimum atomic E-state index is -1.46. The number of hydrogen-bond donors (Lipinski definition) is 1. The van der Waals surface area contributed by atoms with Crippen LogP contribution in [0.15, 0.2) is 48.7 Å². The van der Waals surface area contributed by atoms with Crippen molar-refractivity contribution in [1.82, 2.24) is 9.97 Å². The van der Waals surface area contributed by atoms with Crippen LogP contribution in [0.4, 0.5) is 0 Å². The summed E-state index contributed by atoms with van der Waals surface area (Å²) in [4.78, 5) is 8.06. The first-order chi connectivity index (χ1) is 9.98. The SMILES string of the molecule is COc1ccc(/C(=C\c2ccccn2)N[Si](C)(C)C)cc1. The highest BCUT2D eigenvalue weighted by molar-refractivity contribution is 6.74. The Morgan fingerprint density at radius 2 is 1.81 bits per heavy atom. The van der Waals surface area contributed by atoms with Crippen LogP contribution in [-0.4, -0.2) is 20.3 Å². The first-order valence-corrected chi connectivity index (χ1v) is 10.5. The summed E-state index contributed by atoms with van der Waals surface area (Å²) in [5.41, 5.74) is 3.20. The number of ether oxygens (including phenoxy) is 1. The Morgan fingerprint density at radius 1 is 1.10 bits per heavy atom. The predicted molar refractivity (Wildman–Crippen MR) is 91.6 cm³/mol. The molecular weight excluding hydrogens is 276 g/mol. The molecule has 1 aromatic heterocycles. The highest BCUT2D eigenvalue weighted by Gasteiger charge is 2.15. The molecule has 0 spiro atoms. The summed E-state index contributed by atoms with van der Waals surface area (Å²) >= 11 is 0. The Bertz CT molecular complexity index is 601. The van der Waals surface area contributed by atoms with Gasteiger partial charge in [-0.25, -0.2) is 0 Å². The average Bonchev–Trinajstić information content (AvgIpc) is 2.46. The Labute approximate surface area is 127 Å². The van der Waals surface area contributed by atoms with Crippen LogP contribution in [0.5, 0.6) is 5.75 Å². The lowest BCUT2D eigenvalue weighted by Crippen LogP contribution is -2.39. The third-order valence-corrected chi connectivity index (χ3v) is 3.91. The third kappa shape index (κ3) is 4.75. The van der Waals surface area contributed by atoms with E-state index in [1.807, 2.05) is 36.5 Å². The minimum absolute atomic E-state index is 0.865. The van der Waals surface area contributed by atoms with Crippen molar-refractivity contribution in [2.75, 3.05) is 7.11 Å². The van der Waals surface area contributed by atoms with Crippen molar-refractivity contribution in [3.05, 3.63) is 59.9 Å². The number of benzene rings is 1. The van der Waals surface area contributed by atoms with E-state index in [4.69, 9.17) is 4.74 Å². The highest BCUT2D eigenvalue weighted by Crippen LogP contribution is 2.20. The molecule has 0 saturated heterocycles. The van der Waals surface area contributed by atoms with Crippen LogP contribution in [0.3, 0.4) is 0 Å². The lowest BCUT2D eigenvalue weighted by Gasteiger charge is -2.22. The fourth-order valence-corrected chi connectivity index (χ4v) is 3.00. The first kappa shape index (κ1) is 15.3. The van der Waals surface area contributed by atoms with Crippen LogP contribution < -0.4 is 9.72 Å². The van der Waals surface area contributed by atoms with E-state index in [9.17, 15) is 0 Å². The third-order valence-electron chi connectivity index (χ3n) is 2.89. The molecule has 4 heteroatoms. The van der Waals surface area contributed by atoms with Crippen molar-refractivity contribution in [2.24, 2.45) is 0 Å². The molecule has 1 heterocycles. The van der Waals surface area contributed by atoms with Crippen LogP contribution in [0.1, 0.15) is 11.3 Å². The molecule has 0 atom stereocenters. The Hall–Kier alpha value is -2.07. The quantitative estimate of drug-likeness (QED) is 0.847. The van der Waals surface area contributed by atoms with Crippen LogP contribution in [0, 0.1) is 0 Å². The van der Waals surface area contributed by atoms with Crippen molar-refractivity contribution in [3.63, 3.8) is 0 Å². The molecule has 1 aromatic carbocycles. The largest absolute Gasteiger partial charge is 0.497 e. The van der Waals surface area contributed by atoms with E-state index >= 15 is 0 Å². The van der Waals surface area contributed by atoms with Gasteiger partial charge in [-0.2, -0.15) is 0 Å². The highest BCUT2D eigenvalue weighted by atomic mass is 28.3. The zero-order valence-electron chi connectivity index (χ0n) is 13.1. The minimum Gasteiger partial charge on any atom is -0.497 e. The number of rotatable bonds is 5. The van der Waals surface area contributed by atoms with Crippen molar-refractivity contribution in [2.45, 2.75) is 19.6 Å². The second kappa shape index (κ2) is 6.59. The zero-order chi connectivity index (χ0) is 15.3. The Morgan fingerprint density at radius 3 is 2.33 bits per heavy atom. The second-order valence-corrected chi connectivity index (χ2v) is 10.7. The average molecular weight is 298 g/mol. The monoisotopic (exact) mass is 298 g/mol. The van der Waals surface area contributed by atoms with Crippen molar-refractivity contribution >= 4 is 20.0 Å². The smallest absolute Gasteiger partial charge is 0.144 e. The van der Waals surface area contributed by atoms with Crippen LogP contribution in [-0.2, 0) is 0 Å². The molecule has 0 amide bonds. The molecule has 1 N–H and O–H groups in total. The molecule has 110 valence electrons. The van der Waals surface area contributed by atoms with Crippen molar-refractivity contribution in [3.8, 4) is 5.75 Å². The molecule has 0 bridgehead atoms. The topological polar surface area (TPSA) is 34.1 Å². The lowest BCUT2D eigenvalue weighted by molar-refractivity contribution is 0.415. The van der Waals surface area contributed by atoms with Gasteiger partial charge >= 0.3 is 0 Å². The molecule has 0 aliphatic heterocycles. The molecule has 21 heavy (non-hydrogen) atoms. The molecule has 3 nitrogen and oxygen atoms in total. The summed E-state index contributed by atoms with van der Waals surface area (Å²) in [6.07, 6.45) is 3.91. The molecule has 0 fully saturated rings. The van der Waals surface area contributed by atoms with Gasteiger partial charge in [-0.15, -0.1) is 0 Å². The number of pyridine rings is 1. The normalized spacial score (nSPS) is 12.1. The second-order valence-electron chi connectivity index (χ2n) is 5.92. The van der Waals surface area contributed by atoms with E-state index < -0.39 is 8.24 Å². The Balaban J connectivity index is 2.37. The number of hydrogen-bond acceptors (Lipinski definition) is 3. The molecule has 0 aliphatic carbocycles. The summed E-state index contributed by atoms with van der Waals surface area (Å²) in [6.45, 7) is 6.84. The molecule has 0 saturated carbocycles. The van der Waals surface area contributed by atoms with Crippen LogP contribution in [0.25, 0.3) is 11.8 Å². The van der Waals surface area contributed by atoms with E-state index in [0.717, 1.165) is 22.7 Å². The lowest BCUT2D eigenvalue weighted by atomic mass is 10.1. The molecule has 0 unspecified atom stereocenters. The molecule has 2 aromatic rings. The summed E-state index contributed by atoms with van der Waals surface area (Å²) in [6, 6.07) is 14.0. The fraction of sp³-hybridized carbons (Fsp3) is 0.235. The van der Waals surface area contributed by atoms with Crippen LogP contribution >= 0.6 is 0 Å². The molecule has 2 rings (SSSR count). The van der Waals surface area contributed by atoms with Crippen LogP contribution in [0.2, 0.25) is 19.6 Å². The maximum atomic E-state index is 5.22. The van der Waals surface area contributed by atoms with Gasteiger partial charge in [0.25, 0.3) is 0 Å². The summed E-state index contributed by atoms with van der Waals surface area (Å²) in [5, 5.41) is 0. The molecular formula is C17H22N2OSi. The number of aromatic nitrogens is 1. The number of methoxy groups -OCH3 is 1. The summed E-state index contributed by atoms with van der Waals surface area (Å²) in [7, 11) is 0.224. The van der Waals surface area contributed by atoms with E-state index in [1.54, 1.807) is 7.11 Å². The van der Waals surface area contributed by atoms with Gasteiger partial charge in [-0.3, -0.25) is 4.98 Å². The number of nitrogens with one attached hydrogen (secondary N) is 1.